The van der Waals surface area contributed by atoms with E-state index in [2.05, 4.69) is 18.3 Å². The summed E-state index contributed by atoms with van der Waals surface area (Å²) in [4.78, 5) is 13.4. The van der Waals surface area contributed by atoms with Crippen molar-refractivity contribution in [2.45, 2.75) is 38.0 Å². The molecule has 1 fully saturated rings. The van der Waals surface area contributed by atoms with Gasteiger partial charge in [0.2, 0.25) is 5.91 Å². The highest BCUT2D eigenvalue weighted by atomic mass is 35.5. The Morgan fingerprint density at radius 2 is 2.03 bits per heavy atom. The summed E-state index contributed by atoms with van der Waals surface area (Å²) >= 11 is 6.44. The van der Waals surface area contributed by atoms with E-state index in [0.717, 1.165) is 18.4 Å². The second-order valence-electron chi connectivity index (χ2n) is 7.15. The fraction of sp³-hybridized carbons (Fsp3) is 0.391. The number of ether oxygens (including phenoxy) is 2. The van der Waals surface area contributed by atoms with Crippen molar-refractivity contribution in [2.24, 2.45) is 0 Å². The zero-order chi connectivity index (χ0) is 20.7. The molecule has 1 N–H and O–H groups in total. The van der Waals surface area contributed by atoms with E-state index in [1.807, 2.05) is 18.2 Å². The third-order valence-electron chi connectivity index (χ3n) is 5.30. The molecule has 2 aromatic carbocycles. The van der Waals surface area contributed by atoms with Gasteiger partial charge in [0.15, 0.2) is 0 Å². The molecule has 0 spiro atoms. The molecule has 0 aliphatic carbocycles. The van der Waals surface area contributed by atoms with Gasteiger partial charge >= 0.3 is 0 Å². The highest BCUT2D eigenvalue weighted by molar-refractivity contribution is 6.31. The van der Waals surface area contributed by atoms with Crippen LogP contribution >= 0.6 is 11.6 Å². The molecular formula is C23H25ClN2O3. The average molecular weight is 413 g/mol. The van der Waals surface area contributed by atoms with E-state index in [4.69, 9.17) is 21.1 Å². The van der Waals surface area contributed by atoms with Crippen molar-refractivity contribution in [1.29, 1.82) is 5.26 Å². The van der Waals surface area contributed by atoms with Crippen molar-refractivity contribution in [3.05, 3.63) is 58.6 Å². The summed E-state index contributed by atoms with van der Waals surface area (Å²) in [5.41, 5.74) is 0.840. The van der Waals surface area contributed by atoms with Crippen molar-refractivity contribution in [3.8, 4) is 11.8 Å². The average Bonchev–Trinajstić information content (AvgIpc) is 2.75. The van der Waals surface area contributed by atoms with Crippen LogP contribution in [0.15, 0.2) is 42.5 Å². The van der Waals surface area contributed by atoms with Gasteiger partial charge in [-0.1, -0.05) is 43.1 Å². The molecule has 29 heavy (non-hydrogen) atoms. The standard InChI is InChI=1S/C23H25ClN2O3/c1-2-3-12-29-18-8-9-21(17(15-18)16-25)26-22(27)23(10-13-28-14-11-23)19-6-4-5-7-20(19)24/h4-9,15H,2-3,10-14H2,1H3,(H,26,27). The van der Waals surface area contributed by atoms with Crippen LogP contribution in [-0.2, 0) is 14.9 Å². The van der Waals surface area contributed by atoms with Gasteiger partial charge in [-0.2, -0.15) is 5.26 Å². The maximum absolute atomic E-state index is 13.4. The van der Waals surface area contributed by atoms with Crippen molar-refractivity contribution in [1.82, 2.24) is 0 Å². The normalized spacial score (nSPS) is 15.3. The number of hydrogen-bond donors (Lipinski definition) is 1. The molecule has 2 aromatic rings. The fourth-order valence-corrected chi connectivity index (χ4v) is 3.90. The number of rotatable bonds is 7. The van der Waals surface area contributed by atoms with Gasteiger partial charge in [0.25, 0.3) is 0 Å². The summed E-state index contributed by atoms with van der Waals surface area (Å²) in [6.45, 7) is 3.65. The molecule has 0 bridgehead atoms. The fourth-order valence-electron chi connectivity index (χ4n) is 3.58. The van der Waals surface area contributed by atoms with Gasteiger partial charge in [-0.25, -0.2) is 0 Å². The van der Waals surface area contributed by atoms with Crippen molar-refractivity contribution in [3.63, 3.8) is 0 Å². The first-order valence-corrected chi connectivity index (χ1v) is 10.3. The van der Waals surface area contributed by atoms with Crippen LogP contribution in [0.3, 0.4) is 0 Å². The maximum Gasteiger partial charge on any atom is 0.235 e. The first kappa shape index (κ1) is 21.2. The molecule has 1 amide bonds. The van der Waals surface area contributed by atoms with Crippen LogP contribution < -0.4 is 10.1 Å². The Morgan fingerprint density at radius 3 is 2.72 bits per heavy atom. The third kappa shape index (κ3) is 4.72. The van der Waals surface area contributed by atoms with Crippen LogP contribution in [0.4, 0.5) is 5.69 Å². The first-order valence-electron chi connectivity index (χ1n) is 9.92. The molecule has 6 heteroatoms. The minimum atomic E-state index is -0.792. The lowest BCUT2D eigenvalue weighted by Crippen LogP contribution is -2.45. The summed E-state index contributed by atoms with van der Waals surface area (Å²) < 4.78 is 11.2. The van der Waals surface area contributed by atoms with Crippen LogP contribution in [0, 0.1) is 11.3 Å². The Balaban J connectivity index is 1.87. The molecule has 152 valence electrons. The summed E-state index contributed by atoms with van der Waals surface area (Å²) in [6, 6.07) is 14.7. The Kier molecular flexibility index (Phi) is 7.13. The second-order valence-corrected chi connectivity index (χ2v) is 7.56. The van der Waals surface area contributed by atoms with Crippen LogP contribution in [0.1, 0.15) is 43.7 Å². The van der Waals surface area contributed by atoms with Crippen LogP contribution in [0.5, 0.6) is 5.75 Å². The predicted molar refractivity (Wildman–Crippen MR) is 113 cm³/mol. The number of hydrogen-bond acceptors (Lipinski definition) is 4. The quantitative estimate of drug-likeness (QED) is 0.644. The van der Waals surface area contributed by atoms with Gasteiger partial charge in [-0.15, -0.1) is 0 Å². The molecule has 0 saturated carbocycles. The molecule has 5 nitrogen and oxygen atoms in total. The number of carbonyl (C=O) groups is 1. The zero-order valence-electron chi connectivity index (χ0n) is 16.5. The lowest BCUT2D eigenvalue weighted by Gasteiger charge is -2.36. The molecule has 1 saturated heterocycles. The highest BCUT2D eigenvalue weighted by Gasteiger charge is 2.43. The van der Waals surface area contributed by atoms with E-state index in [0.29, 0.717) is 54.7 Å². The smallest absolute Gasteiger partial charge is 0.235 e. The zero-order valence-corrected chi connectivity index (χ0v) is 17.3. The maximum atomic E-state index is 13.4. The Labute approximate surface area is 176 Å². The third-order valence-corrected chi connectivity index (χ3v) is 5.63. The number of unbranched alkanes of at least 4 members (excludes halogenated alkanes) is 1. The van der Waals surface area contributed by atoms with Gasteiger partial charge < -0.3 is 14.8 Å². The largest absolute Gasteiger partial charge is 0.494 e. The topological polar surface area (TPSA) is 71.3 Å². The molecule has 1 aliphatic heterocycles. The van der Waals surface area contributed by atoms with Crippen LogP contribution in [0.2, 0.25) is 5.02 Å². The molecule has 0 unspecified atom stereocenters. The minimum absolute atomic E-state index is 0.176. The predicted octanol–water partition coefficient (Wildman–Crippen LogP) is 5.08. The lowest BCUT2D eigenvalue weighted by atomic mass is 9.73. The minimum Gasteiger partial charge on any atom is -0.494 e. The number of amides is 1. The molecular weight excluding hydrogens is 388 g/mol. The van der Waals surface area contributed by atoms with E-state index in [1.54, 1.807) is 24.3 Å². The Bertz CT molecular complexity index is 901. The van der Waals surface area contributed by atoms with Gasteiger partial charge in [0.05, 0.1) is 23.3 Å². The van der Waals surface area contributed by atoms with E-state index >= 15 is 0 Å². The molecule has 1 heterocycles. The van der Waals surface area contributed by atoms with Gasteiger partial charge in [-0.05, 0) is 49.1 Å². The van der Waals surface area contributed by atoms with Crippen LogP contribution in [0.25, 0.3) is 0 Å². The number of nitrogens with zero attached hydrogens (tertiary/aromatic N) is 1. The van der Waals surface area contributed by atoms with Crippen molar-refractivity contribution in [2.75, 3.05) is 25.1 Å². The first-order chi connectivity index (χ1) is 14.1. The summed E-state index contributed by atoms with van der Waals surface area (Å²) in [5.74, 6) is 0.449. The molecule has 3 rings (SSSR count). The molecule has 0 radical (unpaired) electrons. The van der Waals surface area contributed by atoms with Crippen molar-refractivity contribution >= 4 is 23.2 Å². The number of nitriles is 1. The SMILES string of the molecule is CCCCOc1ccc(NC(=O)C2(c3ccccc3Cl)CCOCC2)c(C#N)c1. The van der Waals surface area contributed by atoms with E-state index in [-0.39, 0.29) is 5.91 Å². The number of halogens is 1. The second kappa shape index (κ2) is 9.78. The number of nitrogens with one attached hydrogen (secondary N) is 1. The molecule has 0 aromatic heterocycles. The monoisotopic (exact) mass is 412 g/mol. The summed E-state index contributed by atoms with van der Waals surface area (Å²) in [6.07, 6.45) is 3.04. The van der Waals surface area contributed by atoms with Gasteiger partial charge in [0, 0.05) is 18.2 Å². The Morgan fingerprint density at radius 1 is 1.28 bits per heavy atom. The number of benzene rings is 2. The number of anilines is 1. The molecule has 0 atom stereocenters. The van der Waals surface area contributed by atoms with E-state index in [9.17, 15) is 10.1 Å². The Hall–Kier alpha value is -2.55. The van der Waals surface area contributed by atoms with E-state index in [1.165, 1.54) is 0 Å². The van der Waals surface area contributed by atoms with Crippen molar-refractivity contribution < 1.29 is 14.3 Å². The number of carbonyl (C=O) groups excluding carboxylic acids is 1. The van der Waals surface area contributed by atoms with Gasteiger partial charge in [0.1, 0.15) is 11.8 Å². The summed E-state index contributed by atoms with van der Waals surface area (Å²) in [7, 11) is 0. The van der Waals surface area contributed by atoms with Gasteiger partial charge in [-0.3, -0.25) is 4.79 Å². The highest BCUT2D eigenvalue weighted by Crippen LogP contribution is 2.40. The summed E-state index contributed by atoms with van der Waals surface area (Å²) in [5, 5.41) is 13.1. The van der Waals surface area contributed by atoms with Crippen LogP contribution in [-0.4, -0.2) is 25.7 Å². The lowest BCUT2D eigenvalue weighted by molar-refractivity contribution is -0.125. The van der Waals surface area contributed by atoms with E-state index < -0.39 is 5.41 Å². The molecule has 1 aliphatic rings.